The van der Waals surface area contributed by atoms with Gasteiger partial charge in [0.2, 0.25) is 0 Å². The lowest BCUT2D eigenvalue weighted by atomic mass is 9.96. The standard InChI is InChI=1S/C54H34N2O2/c1-5-16-47-39(12-1)43-29-35(20-24-49(43)55(47)37-22-26-53-45(31-37)41-14-3-7-18-51(41)57-53)33-10-9-11-34(28-33)36-21-25-50-44(30-36)40-13-2-6-17-48(40)56(50)38-23-27-54-46(32-38)42-15-4-8-19-52(42)58-54/h1-5,7-16,18-32H,6,17H2. The van der Waals surface area contributed by atoms with Crippen LogP contribution in [0.4, 0.5) is 0 Å². The maximum absolute atomic E-state index is 6.19. The van der Waals surface area contributed by atoms with Crippen LogP contribution in [-0.2, 0) is 6.42 Å². The number of nitrogens with zero attached hydrogens (tertiary/aromatic N) is 2. The van der Waals surface area contributed by atoms with Crippen molar-refractivity contribution in [3.05, 3.63) is 187 Å². The number of allylic oxidation sites excluding steroid dienone is 1. The number of rotatable bonds is 4. The van der Waals surface area contributed by atoms with E-state index in [2.05, 4.69) is 167 Å². The molecule has 4 heterocycles. The summed E-state index contributed by atoms with van der Waals surface area (Å²) in [6.45, 7) is 0. The van der Waals surface area contributed by atoms with Gasteiger partial charge in [0.25, 0.3) is 0 Å². The summed E-state index contributed by atoms with van der Waals surface area (Å²) in [5, 5.41) is 8.31. The van der Waals surface area contributed by atoms with Gasteiger partial charge in [0, 0.05) is 60.3 Å². The smallest absolute Gasteiger partial charge is 0.135 e. The maximum atomic E-state index is 6.19. The average molecular weight is 743 g/mol. The Morgan fingerprint density at radius 3 is 1.59 bits per heavy atom. The van der Waals surface area contributed by atoms with E-state index in [9.17, 15) is 0 Å². The van der Waals surface area contributed by atoms with Gasteiger partial charge < -0.3 is 18.0 Å². The molecule has 58 heavy (non-hydrogen) atoms. The highest BCUT2D eigenvalue weighted by Crippen LogP contribution is 2.41. The molecule has 0 unspecified atom stereocenters. The highest BCUT2D eigenvalue weighted by Gasteiger charge is 2.21. The van der Waals surface area contributed by atoms with E-state index in [-0.39, 0.29) is 0 Å². The first kappa shape index (κ1) is 31.6. The summed E-state index contributed by atoms with van der Waals surface area (Å²) in [5.74, 6) is 0. The monoisotopic (exact) mass is 742 g/mol. The molecule has 13 rings (SSSR count). The highest BCUT2D eigenvalue weighted by molar-refractivity contribution is 6.12. The molecular weight excluding hydrogens is 709 g/mol. The minimum atomic E-state index is 0.905. The van der Waals surface area contributed by atoms with Gasteiger partial charge in [-0.05, 0) is 120 Å². The van der Waals surface area contributed by atoms with Crippen LogP contribution in [0.1, 0.15) is 17.7 Å². The minimum Gasteiger partial charge on any atom is -0.456 e. The molecule has 4 heteroatoms. The maximum Gasteiger partial charge on any atom is 0.135 e. The van der Waals surface area contributed by atoms with Crippen molar-refractivity contribution in [3.63, 3.8) is 0 Å². The van der Waals surface area contributed by atoms with Crippen LogP contribution in [0.5, 0.6) is 0 Å². The first-order valence-corrected chi connectivity index (χ1v) is 20.0. The Hall–Kier alpha value is -7.56. The van der Waals surface area contributed by atoms with Crippen LogP contribution < -0.4 is 0 Å². The lowest BCUT2D eigenvalue weighted by Crippen LogP contribution is -2.02. The van der Waals surface area contributed by atoms with Crippen LogP contribution in [0.3, 0.4) is 0 Å². The molecule has 0 aliphatic heterocycles. The van der Waals surface area contributed by atoms with Crippen molar-refractivity contribution in [2.75, 3.05) is 0 Å². The van der Waals surface area contributed by atoms with Crippen molar-refractivity contribution < 1.29 is 8.83 Å². The van der Waals surface area contributed by atoms with Crippen molar-refractivity contribution in [1.29, 1.82) is 0 Å². The summed E-state index contributed by atoms with van der Waals surface area (Å²) >= 11 is 0. The van der Waals surface area contributed by atoms with Gasteiger partial charge in [-0.15, -0.1) is 0 Å². The van der Waals surface area contributed by atoms with E-state index < -0.39 is 0 Å². The fourth-order valence-electron chi connectivity index (χ4n) is 9.71. The van der Waals surface area contributed by atoms with E-state index in [1.54, 1.807) is 0 Å². The molecular formula is C54H34N2O2. The van der Waals surface area contributed by atoms with E-state index in [0.717, 1.165) is 62.4 Å². The first-order chi connectivity index (χ1) is 28.7. The lowest BCUT2D eigenvalue weighted by Gasteiger charge is -2.13. The van der Waals surface area contributed by atoms with Crippen LogP contribution in [0.25, 0.3) is 116 Å². The number of benzene rings is 8. The molecule has 0 fully saturated rings. The number of fused-ring (bicyclic) bond motifs is 12. The van der Waals surface area contributed by atoms with Gasteiger partial charge in [-0.2, -0.15) is 0 Å². The van der Waals surface area contributed by atoms with Crippen molar-refractivity contribution in [2.24, 2.45) is 0 Å². The number of hydrogen-bond donors (Lipinski definition) is 0. The zero-order chi connectivity index (χ0) is 37.9. The van der Waals surface area contributed by atoms with Gasteiger partial charge in [-0.3, -0.25) is 0 Å². The minimum absolute atomic E-state index is 0.905. The molecule has 272 valence electrons. The van der Waals surface area contributed by atoms with E-state index in [1.165, 1.54) is 71.9 Å². The predicted octanol–water partition coefficient (Wildman–Crippen LogP) is 14.8. The molecule has 0 spiro atoms. The third-order valence-corrected chi connectivity index (χ3v) is 12.4. The Balaban J connectivity index is 0.917. The topological polar surface area (TPSA) is 36.1 Å². The summed E-state index contributed by atoms with van der Waals surface area (Å²) in [4.78, 5) is 0. The molecule has 4 nitrogen and oxygen atoms in total. The third-order valence-electron chi connectivity index (χ3n) is 12.4. The highest BCUT2D eigenvalue weighted by atomic mass is 16.3. The molecule has 8 aromatic carbocycles. The average Bonchev–Trinajstić information content (AvgIpc) is 4.03. The number of aromatic nitrogens is 2. The van der Waals surface area contributed by atoms with Gasteiger partial charge in [0.05, 0.1) is 16.6 Å². The summed E-state index contributed by atoms with van der Waals surface area (Å²) in [7, 11) is 0. The Morgan fingerprint density at radius 2 is 0.897 bits per heavy atom. The molecule has 1 aliphatic carbocycles. The fourth-order valence-corrected chi connectivity index (χ4v) is 9.71. The molecule has 0 radical (unpaired) electrons. The summed E-state index contributed by atoms with van der Waals surface area (Å²) < 4.78 is 17.2. The van der Waals surface area contributed by atoms with Crippen LogP contribution in [0, 0.1) is 0 Å². The van der Waals surface area contributed by atoms with Gasteiger partial charge in [-0.1, -0.05) is 97.1 Å². The summed E-state index contributed by atoms with van der Waals surface area (Å²) in [6, 6.07) is 61.4. The molecule has 0 N–H and O–H groups in total. The lowest BCUT2D eigenvalue weighted by molar-refractivity contribution is 0.668. The van der Waals surface area contributed by atoms with E-state index >= 15 is 0 Å². The Labute approximate surface area is 333 Å². The SMILES string of the molecule is C1=Cc2c(n(-c3ccc4oc5ccccc5c4c3)c3ccc(-c4cccc(-c5ccc6c(c5)c5ccccc5n6-c5ccc6oc7ccccc7c6c5)c4)cc23)CC1. The molecule has 12 aromatic rings. The van der Waals surface area contributed by atoms with Crippen molar-refractivity contribution in [1.82, 2.24) is 9.13 Å². The molecule has 0 saturated heterocycles. The van der Waals surface area contributed by atoms with Crippen LogP contribution in [-0.4, -0.2) is 9.13 Å². The van der Waals surface area contributed by atoms with Crippen LogP contribution in [0.2, 0.25) is 0 Å². The molecule has 0 amide bonds. The fraction of sp³-hybridized carbons (Fsp3) is 0.0370. The predicted molar refractivity (Wildman–Crippen MR) is 240 cm³/mol. The third kappa shape index (κ3) is 4.57. The van der Waals surface area contributed by atoms with E-state index in [0.29, 0.717) is 0 Å². The molecule has 0 bridgehead atoms. The normalized spacial score (nSPS) is 13.0. The Bertz CT molecular complexity index is 3700. The van der Waals surface area contributed by atoms with Gasteiger partial charge in [-0.25, -0.2) is 0 Å². The number of hydrogen-bond acceptors (Lipinski definition) is 2. The van der Waals surface area contributed by atoms with Crippen molar-refractivity contribution in [2.45, 2.75) is 12.8 Å². The molecule has 0 saturated carbocycles. The second-order valence-corrected chi connectivity index (χ2v) is 15.6. The number of para-hydroxylation sites is 3. The zero-order valence-electron chi connectivity index (χ0n) is 31.4. The van der Waals surface area contributed by atoms with Gasteiger partial charge in [0.15, 0.2) is 0 Å². The number of furan rings is 2. The largest absolute Gasteiger partial charge is 0.456 e. The first-order valence-electron chi connectivity index (χ1n) is 20.0. The molecule has 0 atom stereocenters. The van der Waals surface area contributed by atoms with Crippen LogP contribution in [0.15, 0.2) is 185 Å². The van der Waals surface area contributed by atoms with Gasteiger partial charge in [0.1, 0.15) is 22.3 Å². The zero-order valence-corrected chi connectivity index (χ0v) is 31.4. The van der Waals surface area contributed by atoms with E-state index in [4.69, 9.17) is 8.83 Å². The molecule has 4 aromatic heterocycles. The summed E-state index contributed by atoms with van der Waals surface area (Å²) in [5.41, 5.74) is 17.0. The molecule has 1 aliphatic rings. The van der Waals surface area contributed by atoms with Gasteiger partial charge >= 0.3 is 0 Å². The second kappa shape index (κ2) is 12.0. The van der Waals surface area contributed by atoms with E-state index in [1.807, 2.05) is 24.3 Å². The van der Waals surface area contributed by atoms with Crippen molar-refractivity contribution >= 4 is 82.7 Å². The Kier molecular flexibility index (Phi) is 6.53. The second-order valence-electron chi connectivity index (χ2n) is 15.6. The summed E-state index contributed by atoms with van der Waals surface area (Å²) in [6.07, 6.45) is 6.68. The Morgan fingerprint density at radius 1 is 0.362 bits per heavy atom. The quantitative estimate of drug-likeness (QED) is 0.180. The van der Waals surface area contributed by atoms with Crippen LogP contribution >= 0.6 is 0 Å². The van der Waals surface area contributed by atoms with Crippen molar-refractivity contribution in [3.8, 4) is 33.6 Å².